The monoisotopic (exact) mass is 335 g/mol. The van der Waals surface area contributed by atoms with E-state index >= 15 is 0 Å². The Labute approximate surface area is 131 Å². The van der Waals surface area contributed by atoms with Gasteiger partial charge in [0.25, 0.3) is 0 Å². The summed E-state index contributed by atoms with van der Waals surface area (Å²) in [5.74, 6) is 0. The van der Waals surface area contributed by atoms with E-state index in [1.807, 2.05) is 28.8 Å². The van der Waals surface area contributed by atoms with Crippen molar-refractivity contribution >= 4 is 54.5 Å². The number of fused-ring (bicyclic) bond motifs is 3. The van der Waals surface area contributed by atoms with E-state index in [1.165, 1.54) is 6.07 Å². The number of thiophene rings is 1. The Balaban J connectivity index is 1.92. The van der Waals surface area contributed by atoms with Gasteiger partial charge in [-0.05, 0) is 18.2 Å². The third-order valence-electron chi connectivity index (χ3n) is 3.09. The van der Waals surface area contributed by atoms with Crippen molar-refractivity contribution < 1.29 is 4.92 Å². The molecule has 0 bridgehead atoms. The number of aromatic nitrogens is 2. The first kappa shape index (κ1) is 12.8. The third kappa shape index (κ3) is 1.93. The highest BCUT2D eigenvalue weighted by Gasteiger charge is 2.16. The van der Waals surface area contributed by atoms with Crippen molar-refractivity contribution in [2.75, 3.05) is 0 Å². The van der Waals surface area contributed by atoms with Gasteiger partial charge in [-0.2, -0.15) is 0 Å². The predicted octanol–water partition coefficient (Wildman–Crippen LogP) is 4.84. The molecule has 0 fully saturated rings. The number of rotatable bonds is 2. The molecular formula is C13H6ClN3O2S2. The molecule has 0 N–H and O–H groups in total. The van der Waals surface area contributed by atoms with Gasteiger partial charge in [0, 0.05) is 12.3 Å². The molecule has 5 nitrogen and oxygen atoms in total. The van der Waals surface area contributed by atoms with E-state index in [1.54, 1.807) is 17.4 Å². The summed E-state index contributed by atoms with van der Waals surface area (Å²) in [5.41, 5.74) is 1.64. The maximum Gasteiger partial charge on any atom is 0.324 e. The first-order chi connectivity index (χ1) is 10.1. The molecule has 21 heavy (non-hydrogen) atoms. The molecule has 0 spiro atoms. The Bertz CT molecular complexity index is 1000. The second-order valence-corrected chi connectivity index (χ2v) is 6.84. The summed E-state index contributed by atoms with van der Waals surface area (Å²) in [6, 6.07) is 8.96. The summed E-state index contributed by atoms with van der Waals surface area (Å²) in [5, 5.41) is 11.5. The van der Waals surface area contributed by atoms with E-state index in [9.17, 15) is 10.1 Å². The summed E-state index contributed by atoms with van der Waals surface area (Å²) in [6.45, 7) is 0. The van der Waals surface area contributed by atoms with Crippen LogP contribution >= 0.6 is 34.3 Å². The molecule has 1 aromatic carbocycles. The highest BCUT2D eigenvalue weighted by molar-refractivity contribution is 7.23. The molecule has 3 aromatic heterocycles. The Morgan fingerprint density at radius 3 is 2.86 bits per heavy atom. The van der Waals surface area contributed by atoms with Gasteiger partial charge in [0.2, 0.25) is 0 Å². The zero-order valence-electron chi connectivity index (χ0n) is 10.3. The zero-order chi connectivity index (χ0) is 14.6. The maximum atomic E-state index is 10.8. The minimum Gasteiger partial charge on any atom is -0.288 e. The third-order valence-corrected chi connectivity index (χ3v) is 5.47. The van der Waals surface area contributed by atoms with Crippen molar-refractivity contribution in [3.63, 3.8) is 0 Å². The number of benzene rings is 1. The molecule has 0 saturated carbocycles. The lowest BCUT2D eigenvalue weighted by Gasteiger charge is -1.93. The van der Waals surface area contributed by atoms with Gasteiger partial charge in [0.1, 0.15) is 5.69 Å². The van der Waals surface area contributed by atoms with Crippen LogP contribution in [-0.2, 0) is 0 Å². The second kappa shape index (κ2) is 4.52. The maximum absolute atomic E-state index is 10.8. The van der Waals surface area contributed by atoms with Gasteiger partial charge in [-0.25, -0.2) is 4.98 Å². The van der Waals surface area contributed by atoms with Crippen LogP contribution in [0.25, 0.3) is 25.7 Å². The van der Waals surface area contributed by atoms with Crippen LogP contribution < -0.4 is 0 Å². The van der Waals surface area contributed by atoms with Gasteiger partial charge in [-0.3, -0.25) is 14.5 Å². The zero-order valence-corrected chi connectivity index (χ0v) is 12.7. The predicted molar refractivity (Wildman–Crippen MR) is 85.6 cm³/mol. The van der Waals surface area contributed by atoms with Crippen molar-refractivity contribution in [3.05, 3.63) is 51.7 Å². The molecule has 4 aromatic rings. The Morgan fingerprint density at radius 1 is 1.24 bits per heavy atom. The van der Waals surface area contributed by atoms with Crippen LogP contribution in [0.2, 0.25) is 5.02 Å². The topological polar surface area (TPSA) is 60.4 Å². The van der Waals surface area contributed by atoms with E-state index < -0.39 is 4.92 Å². The number of thiazole rings is 1. The molecule has 4 rings (SSSR count). The number of hydrogen-bond donors (Lipinski definition) is 0. The molecule has 104 valence electrons. The molecule has 0 amide bonds. The standard InChI is InChI=1S/C13H6ClN3O2S2/c14-7-2-1-3-10-12(7)16-6-8(15-13(16)21-10)9-4-5-11(20-9)17(18)19/h1-6H. The van der Waals surface area contributed by atoms with Crippen molar-refractivity contribution in [2.24, 2.45) is 0 Å². The Kier molecular flexibility index (Phi) is 2.75. The molecule has 3 heterocycles. The van der Waals surface area contributed by atoms with Crippen LogP contribution in [0.4, 0.5) is 5.00 Å². The highest BCUT2D eigenvalue weighted by atomic mass is 35.5. The van der Waals surface area contributed by atoms with E-state index in [0.717, 1.165) is 37.1 Å². The summed E-state index contributed by atoms with van der Waals surface area (Å²) in [6.07, 6.45) is 1.87. The molecule has 0 radical (unpaired) electrons. The fraction of sp³-hybridized carbons (Fsp3) is 0. The fourth-order valence-electron chi connectivity index (χ4n) is 2.19. The van der Waals surface area contributed by atoms with E-state index in [4.69, 9.17) is 11.6 Å². The lowest BCUT2D eigenvalue weighted by atomic mass is 10.3. The minimum atomic E-state index is -0.390. The number of nitrogens with zero attached hydrogens (tertiary/aromatic N) is 3. The molecule has 0 atom stereocenters. The number of nitro groups is 1. The highest BCUT2D eigenvalue weighted by Crippen LogP contribution is 2.36. The van der Waals surface area contributed by atoms with Gasteiger partial charge in [0.15, 0.2) is 4.96 Å². The second-order valence-electron chi connectivity index (χ2n) is 4.36. The smallest absolute Gasteiger partial charge is 0.288 e. The first-order valence-corrected chi connectivity index (χ1v) is 7.95. The summed E-state index contributed by atoms with van der Waals surface area (Å²) < 4.78 is 3.00. The normalized spacial score (nSPS) is 11.5. The molecule has 0 saturated heterocycles. The lowest BCUT2D eigenvalue weighted by molar-refractivity contribution is -0.380. The van der Waals surface area contributed by atoms with Crippen LogP contribution in [-0.4, -0.2) is 14.3 Å². The van der Waals surface area contributed by atoms with Gasteiger partial charge in [0.05, 0.1) is 25.0 Å². The van der Waals surface area contributed by atoms with Gasteiger partial charge in [-0.15, -0.1) is 0 Å². The number of hydrogen-bond acceptors (Lipinski definition) is 5. The molecule has 0 unspecified atom stereocenters. The number of para-hydroxylation sites is 1. The van der Waals surface area contributed by atoms with Crippen LogP contribution in [0.15, 0.2) is 36.5 Å². The lowest BCUT2D eigenvalue weighted by Crippen LogP contribution is -1.80. The van der Waals surface area contributed by atoms with E-state index in [2.05, 4.69) is 4.98 Å². The van der Waals surface area contributed by atoms with Crippen LogP contribution in [0.1, 0.15) is 0 Å². The van der Waals surface area contributed by atoms with Crippen molar-refractivity contribution in [3.8, 4) is 10.6 Å². The molecule has 0 aliphatic rings. The number of halogens is 1. The summed E-state index contributed by atoms with van der Waals surface area (Å²) in [7, 11) is 0. The van der Waals surface area contributed by atoms with Gasteiger partial charge >= 0.3 is 5.00 Å². The SMILES string of the molecule is O=[N+]([O-])c1ccc(-c2cn3c(n2)sc2cccc(Cl)c23)s1. The molecule has 8 heteroatoms. The first-order valence-electron chi connectivity index (χ1n) is 5.94. The van der Waals surface area contributed by atoms with Gasteiger partial charge in [-0.1, -0.05) is 40.3 Å². The Hall–Kier alpha value is -1.96. The van der Waals surface area contributed by atoms with Gasteiger partial charge < -0.3 is 0 Å². The Morgan fingerprint density at radius 2 is 2.10 bits per heavy atom. The molecular weight excluding hydrogens is 330 g/mol. The van der Waals surface area contributed by atoms with Crippen molar-refractivity contribution in [1.82, 2.24) is 9.38 Å². The largest absolute Gasteiger partial charge is 0.324 e. The molecule has 0 aliphatic carbocycles. The summed E-state index contributed by atoms with van der Waals surface area (Å²) in [4.78, 5) is 16.5. The van der Waals surface area contributed by atoms with E-state index in [0.29, 0.717) is 5.02 Å². The average molecular weight is 336 g/mol. The van der Waals surface area contributed by atoms with Crippen LogP contribution in [0.3, 0.4) is 0 Å². The van der Waals surface area contributed by atoms with Crippen LogP contribution in [0, 0.1) is 10.1 Å². The average Bonchev–Trinajstić information content (AvgIpc) is 3.11. The fourth-order valence-corrected chi connectivity index (χ4v) is 4.32. The molecule has 0 aliphatic heterocycles. The summed E-state index contributed by atoms with van der Waals surface area (Å²) >= 11 is 8.91. The quantitative estimate of drug-likeness (QED) is 0.389. The van der Waals surface area contributed by atoms with Crippen LogP contribution in [0.5, 0.6) is 0 Å². The van der Waals surface area contributed by atoms with Crippen molar-refractivity contribution in [1.29, 1.82) is 0 Å². The minimum absolute atomic E-state index is 0.115. The number of imidazole rings is 1. The van der Waals surface area contributed by atoms with E-state index in [-0.39, 0.29) is 5.00 Å². The van der Waals surface area contributed by atoms with Crippen molar-refractivity contribution in [2.45, 2.75) is 0 Å².